The van der Waals surface area contributed by atoms with E-state index in [1.165, 1.54) is 0 Å². The molecule has 0 saturated heterocycles. The third kappa shape index (κ3) is 4.21. The van der Waals surface area contributed by atoms with Crippen molar-refractivity contribution in [3.8, 4) is 17.2 Å². The molecule has 0 aliphatic rings. The summed E-state index contributed by atoms with van der Waals surface area (Å²) in [5.41, 5.74) is 4.02. The average Bonchev–Trinajstić information content (AvgIpc) is 2.64. The minimum absolute atomic E-state index is 0.166. The molecule has 3 nitrogen and oxygen atoms in total. The summed E-state index contributed by atoms with van der Waals surface area (Å²) in [5, 5.41) is 19.5. The predicted octanol–water partition coefficient (Wildman–Crippen LogP) is 4.87. The Kier molecular flexibility index (Phi) is 5.05. The summed E-state index contributed by atoms with van der Waals surface area (Å²) in [6.45, 7) is 0. The molecule has 0 aromatic heterocycles. The van der Waals surface area contributed by atoms with E-state index in [0.29, 0.717) is 12.2 Å². The van der Waals surface area contributed by atoms with Crippen LogP contribution in [0.5, 0.6) is 17.2 Å². The third-order valence-electron chi connectivity index (χ3n) is 4.02. The molecule has 0 radical (unpaired) electrons. The van der Waals surface area contributed by atoms with Crippen LogP contribution >= 0.6 is 0 Å². The zero-order valence-corrected chi connectivity index (χ0v) is 14.0. The molecule has 0 aliphatic heterocycles. The lowest BCUT2D eigenvalue weighted by Crippen LogP contribution is -1.97. The molecule has 0 saturated carbocycles. The van der Waals surface area contributed by atoms with Crippen molar-refractivity contribution in [2.75, 3.05) is 7.11 Å². The number of hydrogen-bond acceptors (Lipinski definition) is 3. The van der Waals surface area contributed by atoms with E-state index in [4.69, 9.17) is 4.74 Å². The Morgan fingerprint density at radius 2 is 1.56 bits per heavy atom. The van der Waals surface area contributed by atoms with E-state index >= 15 is 0 Å². The summed E-state index contributed by atoms with van der Waals surface area (Å²) in [7, 11) is 1.60. The van der Waals surface area contributed by atoms with Crippen molar-refractivity contribution >= 4 is 12.2 Å². The largest absolute Gasteiger partial charge is 0.508 e. The molecular formula is C22H20O3. The molecule has 3 aromatic rings. The van der Waals surface area contributed by atoms with Gasteiger partial charge in [-0.1, -0.05) is 54.6 Å². The van der Waals surface area contributed by atoms with Crippen molar-refractivity contribution in [1.82, 2.24) is 0 Å². The number of aromatic hydroxyl groups is 2. The first kappa shape index (κ1) is 16.7. The second-order valence-electron chi connectivity index (χ2n) is 5.80. The van der Waals surface area contributed by atoms with Crippen molar-refractivity contribution in [3.05, 3.63) is 89.0 Å². The van der Waals surface area contributed by atoms with E-state index in [1.54, 1.807) is 31.4 Å². The van der Waals surface area contributed by atoms with Crippen LogP contribution in [0.4, 0.5) is 0 Å². The monoisotopic (exact) mass is 332 g/mol. The molecule has 0 amide bonds. The van der Waals surface area contributed by atoms with Crippen LogP contribution in [0.3, 0.4) is 0 Å². The number of hydrogen-bond donors (Lipinski definition) is 2. The molecule has 0 bridgehead atoms. The Balaban J connectivity index is 1.99. The van der Waals surface area contributed by atoms with Gasteiger partial charge in [-0.25, -0.2) is 0 Å². The smallest absolute Gasteiger partial charge is 0.126 e. The van der Waals surface area contributed by atoms with Crippen molar-refractivity contribution in [2.24, 2.45) is 0 Å². The Hall–Kier alpha value is -3.20. The maximum Gasteiger partial charge on any atom is 0.126 e. The van der Waals surface area contributed by atoms with E-state index in [9.17, 15) is 10.2 Å². The van der Waals surface area contributed by atoms with E-state index in [0.717, 1.165) is 22.3 Å². The fourth-order valence-electron chi connectivity index (χ4n) is 2.74. The van der Waals surface area contributed by atoms with Gasteiger partial charge in [0.15, 0.2) is 0 Å². The molecule has 3 heteroatoms. The van der Waals surface area contributed by atoms with Crippen LogP contribution in [-0.4, -0.2) is 17.3 Å². The molecule has 0 heterocycles. The minimum atomic E-state index is 0.166. The van der Waals surface area contributed by atoms with Gasteiger partial charge in [-0.05, 0) is 34.9 Å². The van der Waals surface area contributed by atoms with Crippen molar-refractivity contribution in [3.63, 3.8) is 0 Å². The molecule has 3 rings (SSSR count). The van der Waals surface area contributed by atoms with Gasteiger partial charge in [-0.15, -0.1) is 0 Å². The van der Waals surface area contributed by atoms with Crippen LogP contribution in [-0.2, 0) is 6.42 Å². The molecule has 126 valence electrons. The lowest BCUT2D eigenvalue weighted by molar-refractivity contribution is 0.403. The zero-order chi connectivity index (χ0) is 17.6. The summed E-state index contributed by atoms with van der Waals surface area (Å²) in [6.07, 6.45) is 4.63. The van der Waals surface area contributed by atoms with Crippen LogP contribution in [0.15, 0.2) is 66.7 Å². The minimum Gasteiger partial charge on any atom is -0.508 e. The molecule has 2 N–H and O–H groups in total. The van der Waals surface area contributed by atoms with Crippen molar-refractivity contribution in [1.29, 1.82) is 0 Å². The standard InChI is InChI=1S/C22H20O3/c1-25-22-15-20(24)14-18(10-7-16-5-3-2-4-6-16)21(22)13-17-8-11-19(23)12-9-17/h2-12,14-15,23-24H,13H2,1H3/b10-7+. The van der Waals surface area contributed by atoms with Gasteiger partial charge in [0.25, 0.3) is 0 Å². The lowest BCUT2D eigenvalue weighted by atomic mass is 9.97. The van der Waals surface area contributed by atoms with Crippen LogP contribution in [0.2, 0.25) is 0 Å². The topological polar surface area (TPSA) is 49.7 Å². The van der Waals surface area contributed by atoms with Crippen LogP contribution in [0.25, 0.3) is 12.2 Å². The van der Waals surface area contributed by atoms with Crippen LogP contribution < -0.4 is 4.74 Å². The highest BCUT2D eigenvalue weighted by atomic mass is 16.5. The summed E-state index contributed by atoms with van der Waals surface area (Å²) in [5.74, 6) is 1.05. The number of ether oxygens (including phenoxy) is 1. The molecule has 0 atom stereocenters. The summed E-state index contributed by atoms with van der Waals surface area (Å²) in [4.78, 5) is 0. The first-order valence-electron chi connectivity index (χ1n) is 8.06. The Morgan fingerprint density at radius 1 is 0.840 bits per heavy atom. The molecule has 25 heavy (non-hydrogen) atoms. The number of phenols is 2. The number of rotatable bonds is 5. The second kappa shape index (κ2) is 7.58. The molecular weight excluding hydrogens is 312 g/mol. The Labute approximate surface area is 147 Å². The normalized spacial score (nSPS) is 10.9. The predicted molar refractivity (Wildman–Crippen MR) is 101 cm³/mol. The first-order chi connectivity index (χ1) is 12.2. The fraction of sp³-hybridized carbons (Fsp3) is 0.0909. The molecule has 0 fully saturated rings. The fourth-order valence-corrected chi connectivity index (χ4v) is 2.74. The third-order valence-corrected chi connectivity index (χ3v) is 4.02. The quantitative estimate of drug-likeness (QED) is 0.656. The second-order valence-corrected chi connectivity index (χ2v) is 5.80. The Morgan fingerprint density at radius 3 is 2.24 bits per heavy atom. The van der Waals surface area contributed by atoms with Crippen molar-refractivity contribution < 1.29 is 14.9 Å². The van der Waals surface area contributed by atoms with Gasteiger partial charge in [0, 0.05) is 18.1 Å². The lowest BCUT2D eigenvalue weighted by Gasteiger charge is -2.13. The van der Waals surface area contributed by atoms with Crippen LogP contribution in [0, 0.1) is 0 Å². The summed E-state index contributed by atoms with van der Waals surface area (Å²) in [6, 6.07) is 20.5. The first-order valence-corrected chi connectivity index (χ1v) is 8.06. The van der Waals surface area contributed by atoms with Gasteiger partial charge in [0.2, 0.25) is 0 Å². The maximum absolute atomic E-state index is 10.0. The highest BCUT2D eigenvalue weighted by molar-refractivity contribution is 5.73. The molecule has 3 aromatic carbocycles. The van der Waals surface area contributed by atoms with Gasteiger partial charge in [0.05, 0.1) is 7.11 Å². The number of phenolic OH excluding ortho intramolecular Hbond substituents is 2. The van der Waals surface area contributed by atoms with Gasteiger partial charge in [-0.3, -0.25) is 0 Å². The average molecular weight is 332 g/mol. The van der Waals surface area contributed by atoms with E-state index in [-0.39, 0.29) is 11.5 Å². The summed E-state index contributed by atoms with van der Waals surface area (Å²) < 4.78 is 5.47. The molecule has 0 unspecified atom stereocenters. The highest BCUT2D eigenvalue weighted by Crippen LogP contribution is 2.31. The van der Waals surface area contributed by atoms with E-state index in [2.05, 4.69) is 0 Å². The van der Waals surface area contributed by atoms with Crippen LogP contribution in [0.1, 0.15) is 22.3 Å². The Bertz CT molecular complexity index is 866. The van der Waals surface area contributed by atoms with Crippen molar-refractivity contribution in [2.45, 2.75) is 6.42 Å². The molecule has 0 aliphatic carbocycles. The van der Waals surface area contributed by atoms with Gasteiger partial charge >= 0.3 is 0 Å². The zero-order valence-electron chi connectivity index (χ0n) is 14.0. The number of benzene rings is 3. The van der Waals surface area contributed by atoms with Gasteiger partial charge < -0.3 is 14.9 Å². The number of methoxy groups -OCH3 is 1. The summed E-state index contributed by atoms with van der Waals surface area (Å²) >= 11 is 0. The SMILES string of the molecule is COc1cc(O)cc(/C=C/c2ccccc2)c1Cc1ccc(O)cc1. The highest BCUT2D eigenvalue weighted by Gasteiger charge is 2.11. The van der Waals surface area contributed by atoms with E-state index < -0.39 is 0 Å². The molecule has 0 spiro atoms. The van der Waals surface area contributed by atoms with Gasteiger partial charge in [-0.2, -0.15) is 0 Å². The van der Waals surface area contributed by atoms with E-state index in [1.807, 2.05) is 54.6 Å². The maximum atomic E-state index is 10.0. The van der Waals surface area contributed by atoms with Gasteiger partial charge in [0.1, 0.15) is 17.2 Å².